The standard InChI is InChI=1S/C17H30N4/c1-4-11-18-15-14(5-2)16(21-13-20-15)19-12-17(3)9-7-6-8-10-17/h13H,4-12H2,1-3H3,(H2,18,19,20,21). The Bertz CT molecular complexity index is 438. The second kappa shape index (κ2) is 7.62. The summed E-state index contributed by atoms with van der Waals surface area (Å²) < 4.78 is 0. The monoisotopic (exact) mass is 290 g/mol. The first kappa shape index (κ1) is 16.1. The maximum Gasteiger partial charge on any atom is 0.134 e. The lowest BCUT2D eigenvalue weighted by Gasteiger charge is -2.34. The van der Waals surface area contributed by atoms with Crippen molar-refractivity contribution in [3.05, 3.63) is 11.9 Å². The third-order valence-electron chi connectivity index (χ3n) is 4.58. The molecule has 1 fully saturated rings. The van der Waals surface area contributed by atoms with Crippen molar-refractivity contribution in [3.63, 3.8) is 0 Å². The molecule has 2 rings (SSSR count). The van der Waals surface area contributed by atoms with E-state index in [9.17, 15) is 0 Å². The van der Waals surface area contributed by atoms with Gasteiger partial charge in [-0.2, -0.15) is 0 Å². The van der Waals surface area contributed by atoms with Crippen LogP contribution in [0.25, 0.3) is 0 Å². The lowest BCUT2D eigenvalue weighted by atomic mass is 9.76. The minimum Gasteiger partial charge on any atom is -0.370 e. The van der Waals surface area contributed by atoms with Crippen LogP contribution in [-0.2, 0) is 6.42 Å². The number of anilines is 2. The van der Waals surface area contributed by atoms with Gasteiger partial charge in [0.25, 0.3) is 0 Å². The van der Waals surface area contributed by atoms with E-state index in [0.717, 1.165) is 37.6 Å². The Morgan fingerprint density at radius 3 is 2.33 bits per heavy atom. The van der Waals surface area contributed by atoms with Crippen LogP contribution in [0.3, 0.4) is 0 Å². The largest absolute Gasteiger partial charge is 0.370 e. The average molecular weight is 290 g/mol. The molecule has 0 saturated heterocycles. The van der Waals surface area contributed by atoms with E-state index in [1.54, 1.807) is 6.33 Å². The SMILES string of the molecule is CCCNc1ncnc(NCC2(C)CCCCC2)c1CC. The number of hydrogen-bond donors (Lipinski definition) is 2. The van der Waals surface area contributed by atoms with Gasteiger partial charge < -0.3 is 10.6 Å². The molecule has 1 aromatic heterocycles. The highest BCUT2D eigenvalue weighted by Crippen LogP contribution is 2.36. The molecule has 0 aliphatic heterocycles. The predicted octanol–water partition coefficient (Wildman–Crippen LogP) is 4.24. The molecule has 0 amide bonds. The van der Waals surface area contributed by atoms with Crippen molar-refractivity contribution >= 4 is 11.6 Å². The highest BCUT2D eigenvalue weighted by Gasteiger charge is 2.26. The number of nitrogens with zero attached hydrogens (tertiary/aromatic N) is 2. The van der Waals surface area contributed by atoms with E-state index in [1.165, 1.54) is 37.7 Å². The molecule has 1 aliphatic carbocycles. The molecule has 21 heavy (non-hydrogen) atoms. The van der Waals surface area contributed by atoms with Crippen molar-refractivity contribution in [1.82, 2.24) is 9.97 Å². The van der Waals surface area contributed by atoms with E-state index in [4.69, 9.17) is 0 Å². The summed E-state index contributed by atoms with van der Waals surface area (Å²) in [6.07, 6.45) is 10.5. The van der Waals surface area contributed by atoms with E-state index < -0.39 is 0 Å². The second-order valence-electron chi connectivity index (χ2n) is 6.55. The quantitative estimate of drug-likeness (QED) is 0.788. The summed E-state index contributed by atoms with van der Waals surface area (Å²) in [4.78, 5) is 8.87. The van der Waals surface area contributed by atoms with Gasteiger partial charge in [0.2, 0.25) is 0 Å². The molecule has 1 aliphatic rings. The maximum atomic E-state index is 4.47. The molecule has 4 heteroatoms. The average Bonchev–Trinajstić information content (AvgIpc) is 2.51. The first-order valence-electron chi connectivity index (χ1n) is 8.50. The van der Waals surface area contributed by atoms with E-state index >= 15 is 0 Å². The third-order valence-corrected chi connectivity index (χ3v) is 4.58. The summed E-state index contributed by atoms with van der Waals surface area (Å²) in [5.74, 6) is 2.00. The van der Waals surface area contributed by atoms with Gasteiger partial charge in [-0.05, 0) is 31.1 Å². The Labute approximate surface area is 129 Å². The molecular formula is C17H30N4. The minimum atomic E-state index is 0.422. The van der Waals surface area contributed by atoms with Crippen LogP contribution >= 0.6 is 0 Å². The zero-order valence-electron chi connectivity index (χ0n) is 13.8. The Hall–Kier alpha value is -1.32. The van der Waals surface area contributed by atoms with Gasteiger partial charge in [0, 0.05) is 18.7 Å². The fourth-order valence-corrected chi connectivity index (χ4v) is 3.17. The van der Waals surface area contributed by atoms with Gasteiger partial charge in [-0.25, -0.2) is 9.97 Å². The molecule has 1 heterocycles. The van der Waals surface area contributed by atoms with E-state index in [2.05, 4.69) is 41.4 Å². The van der Waals surface area contributed by atoms with Gasteiger partial charge in [0.1, 0.15) is 18.0 Å². The molecule has 0 spiro atoms. The fourth-order valence-electron chi connectivity index (χ4n) is 3.17. The van der Waals surface area contributed by atoms with Crippen molar-refractivity contribution in [2.75, 3.05) is 23.7 Å². The van der Waals surface area contributed by atoms with Gasteiger partial charge in [-0.1, -0.05) is 40.0 Å². The lowest BCUT2D eigenvalue weighted by Crippen LogP contribution is -2.29. The van der Waals surface area contributed by atoms with Crippen LogP contribution in [0.4, 0.5) is 11.6 Å². The van der Waals surface area contributed by atoms with Crippen LogP contribution in [0.5, 0.6) is 0 Å². The van der Waals surface area contributed by atoms with E-state index in [1.807, 2.05) is 0 Å². The van der Waals surface area contributed by atoms with Crippen LogP contribution in [0.15, 0.2) is 6.33 Å². The molecule has 2 N–H and O–H groups in total. The summed E-state index contributed by atoms with van der Waals surface area (Å²) in [5, 5.41) is 7.01. The predicted molar refractivity (Wildman–Crippen MR) is 89.9 cm³/mol. The van der Waals surface area contributed by atoms with Crippen LogP contribution in [0.2, 0.25) is 0 Å². The van der Waals surface area contributed by atoms with E-state index in [0.29, 0.717) is 5.41 Å². The Balaban J connectivity index is 2.04. The third kappa shape index (κ3) is 4.32. The summed E-state index contributed by atoms with van der Waals surface area (Å²) in [5.41, 5.74) is 1.64. The van der Waals surface area contributed by atoms with Crippen LogP contribution < -0.4 is 10.6 Å². The number of nitrogens with one attached hydrogen (secondary N) is 2. The molecule has 0 unspecified atom stereocenters. The Morgan fingerprint density at radius 2 is 1.71 bits per heavy atom. The first-order valence-corrected chi connectivity index (χ1v) is 8.50. The zero-order valence-corrected chi connectivity index (χ0v) is 13.8. The Morgan fingerprint density at radius 1 is 1.05 bits per heavy atom. The van der Waals surface area contributed by atoms with Gasteiger partial charge in [0.15, 0.2) is 0 Å². The molecule has 0 radical (unpaired) electrons. The molecule has 1 saturated carbocycles. The molecule has 0 aromatic carbocycles. The molecule has 118 valence electrons. The van der Waals surface area contributed by atoms with Gasteiger partial charge in [-0.3, -0.25) is 0 Å². The highest BCUT2D eigenvalue weighted by atomic mass is 15.1. The van der Waals surface area contributed by atoms with Crippen LogP contribution in [-0.4, -0.2) is 23.1 Å². The summed E-state index contributed by atoms with van der Waals surface area (Å²) >= 11 is 0. The van der Waals surface area contributed by atoms with Crippen molar-refractivity contribution in [2.24, 2.45) is 5.41 Å². The van der Waals surface area contributed by atoms with Crippen molar-refractivity contribution in [1.29, 1.82) is 0 Å². The smallest absolute Gasteiger partial charge is 0.134 e. The first-order chi connectivity index (χ1) is 10.2. The summed E-state index contributed by atoms with van der Waals surface area (Å²) in [7, 11) is 0. The molecule has 4 nitrogen and oxygen atoms in total. The summed E-state index contributed by atoms with van der Waals surface area (Å²) in [6.45, 7) is 8.72. The minimum absolute atomic E-state index is 0.422. The molecule has 1 aromatic rings. The number of aromatic nitrogens is 2. The van der Waals surface area contributed by atoms with Crippen molar-refractivity contribution in [2.45, 2.75) is 65.7 Å². The Kier molecular flexibility index (Phi) is 5.83. The molecular weight excluding hydrogens is 260 g/mol. The number of rotatable bonds is 7. The van der Waals surface area contributed by atoms with E-state index in [-0.39, 0.29) is 0 Å². The molecule has 0 atom stereocenters. The second-order valence-corrected chi connectivity index (χ2v) is 6.55. The molecule has 0 bridgehead atoms. The lowest BCUT2D eigenvalue weighted by molar-refractivity contribution is 0.233. The highest BCUT2D eigenvalue weighted by molar-refractivity contribution is 5.57. The summed E-state index contributed by atoms with van der Waals surface area (Å²) in [6, 6.07) is 0. The van der Waals surface area contributed by atoms with Crippen molar-refractivity contribution in [3.8, 4) is 0 Å². The van der Waals surface area contributed by atoms with Gasteiger partial charge in [-0.15, -0.1) is 0 Å². The van der Waals surface area contributed by atoms with Crippen LogP contribution in [0.1, 0.15) is 64.9 Å². The zero-order chi connectivity index (χ0) is 15.1. The van der Waals surface area contributed by atoms with Gasteiger partial charge in [0.05, 0.1) is 0 Å². The van der Waals surface area contributed by atoms with Gasteiger partial charge >= 0.3 is 0 Å². The van der Waals surface area contributed by atoms with Crippen molar-refractivity contribution < 1.29 is 0 Å². The fraction of sp³-hybridized carbons (Fsp3) is 0.765. The topological polar surface area (TPSA) is 49.8 Å². The van der Waals surface area contributed by atoms with Crippen LogP contribution in [0, 0.1) is 5.41 Å². The number of hydrogen-bond acceptors (Lipinski definition) is 4. The normalized spacial score (nSPS) is 17.5. The maximum absolute atomic E-state index is 4.47.